The molecule has 6 heteroatoms. The van der Waals surface area contributed by atoms with E-state index in [0.29, 0.717) is 6.42 Å². The molecule has 2 aliphatic heterocycles. The molecular weight excluding hydrogens is 314 g/mol. The summed E-state index contributed by atoms with van der Waals surface area (Å²) in [6, 6.07) is 8.10. The lowest BCUT2D eigenvalue weighted by molar-refractivity contribution is -0.135. The second-order valence-electron chi connectivity index (χ2n) is 6.48. The first kappa shape index (κ1) is 16.3. The third-order valence-corrected chi connectivity index (χ3v) is 6.64. The van der Waals surface area contributed by atoms with Crippen molar-refractivity contribution in [1.29, 1.82) is 0 Å². The number of carbonyl (C=O) groups excluding carboxylic acids is 1. The van der Waals surface area contributed by atoms with Crippen molar-refractivity contribution in [1.82, 2.24) is 4.90 Å². The van der Waals surface area contributed by atoms with Gasteiger partial charge < -0.3 is 9.64 Å². The van der Waals surface area contributed by atoms with Crippen LogP contribution in [0.25, 0.3) is 0 Å². The maximum absolute atomic E-state index is 12.7. The van der Waals surface area contributed by atoms with Crippen molar-refractivity contribution in [2.45, 2.75) is 31.7 Å². The Bertz CT molecular complexity index is 668. The Morgan fingerprint density at radius 3 is 2.61 bits per heavy atom. The van der Waals surface area contributed by atoms with Gasteiger partial charge >= 0.3 is 0 Å². The number of amides is 1. The molecule has 2 saturated heterocycles. The van der Waals surface area contributed by atoms with E-state index < -0.39 is 9.84 Å². The molecular formula is C17H23NO4S. The quantitative estimate of drug-likeness (QED) is 0.838. The Morgan fingerprint density at radius 2 is 2.00 bits per heavy atom. The molecule has 2 atom stereocenters. The van der Waals surface area contributed by atoms with Gasteiger partial charge in [-0.1, -0.05) is 12.1 Å². The van der Waals surface area contributed by atoms with Crippen LogP contribution in [0.5, 0.6) is 5.75 Å². The van der Waals surface area contributed by atoms with Crippen molar-refractivity contribution in [3.8, 4) is 5.75 Å². The van der Waals surface area contributed by atoms with Gasteiger partial charge in [0.15, 0.2) is 9.84 Å². The molecule has 0 bridgehead atoms. The van der Waals surface area contributed by atoms with Crippen LogP contribution >= 0.6 is 0 Å². The first-order valence-electron chi connectivity index (χ1n) is 8.12. The number of benzene rings is 1. The molecule has 0 aromatic heterocycles. The normalized spacial score (nSPS) is 26.4. The van der Waals surface area contributed by atoms with Crippen LogP contribution < -0.4 is 4.74 Å². The Hall–Kier alpha value is -1.56. The molecule has 0 aliphatic carbocycles. The molecule has 2 heterocycles. The first-order chi connectivity index (χ1) is 11.0. The molecule has 126 valence electrons. The number of rotatable bonds is 4. The summed E-state index contributed by atoms with van der Waals surface area (Å²) in [7, 11) is -1.37. The smallest absolute Gasteiger partial charge is 0.226 e. The second kappa shape index (κ2) is 6.51. The van der Waals surface area contributed by atoms with Gasteiger partial charge in [-0.15, -0.1) is 0 Å². The minimum Gasteiger partial charge on any atom is -0.497 e. The fourth-order valence-corrected chi connectivity index (χ4v) is 5.33. The molecule has 23 heavy (non-hydrogen) atoms. The SMILES string of the molecule is COc1ccc(CC2CCCN2C(=O)C2CCS(=O)(=O)C2)cc1. The molecule has 2 fully saturated rings. The van der Waals surface area contributed by atoms with Gasteiger partial charge in [0, 0.05) is 12.6 Å². The van der Waals surface area contributed by atoms with E-state index in [4.69, 9.17) is 4.74 Å². The van der Waals surface area contributed by atoms with Gasteiger partial charge in [-0.05, 0) is 43.4 Å². The fourth-order valence-electron chi connectivity index (χ4n) is 3.60. The molecule has 0 N–H and O–H groups in total. The molecule has 0 saturated carbocycles. The van der Waals surface area contributed by atoms with Crippen LogP contribution in [0.2, 0.25) is 0 Å². The van der Waals surface area contributed by atoms with Gasteiger partial charge in [-0.3, -0.25) is 4.79 Å². The van der Waals surface area contributed by atoms with Crippen molar-refractivity contribution in [2.75, 3.05) is 25.2 Å². The zero-order chi connectivity index (χ0) is 16.4. The van der Waals surface area contributed by atoms with Crippen LogP contribution in [-0.2, 0) is 21.1 Å². The molecule has 1 aromatic rings. The highest BCUT2D eigenvalue weighted by molar-refractivity contribution is 7.91. The summed E-state index contributed by atoms with van der Waals surface area (Å²) in [5.41, 5.74) is 1.18. The van der Waals surface area contributed by atoms with E-state index in [-0.39, 0.29) is 29.4 Å². The molecule has 3 rings (SSSR count). The molecule has 1 amide bonds. The van der Waals surface area contributed by atoms with E-state index in [1.807, 2.05) is 29.2 Å². The summed E-state index contributed by atoms with van der Waals surface area (Å²) in [6.45, 7) is 0.746. The molecule has 0 radical (unpaired) electrons. The fraction of sp³-hybridized carbons (Fsp3) is 0.588. The summed E-state index contributed by atoms with van der Waals surface area (Å²) >= 11 is 0. The number of nitrogens with zero attached hydrogens (tertiary/aromatic N) is 1. The van der Waals surface area contributed by atoms with E-state index in [1.165, 1.54) is 5.56 Å². The van der Waals surface area contributed by atoms with Crippen LogP contribution in [0.1, 0.15) is 24.8 Å². The largest absolute Gasteiger partial charge is 0.497 e. The van der Waals surface area contributed by atoms with Crippen molar-refractivity contribution in [3.63, 3.8) is 0 Å². The van der Waals surface area contributed by atoms with Gasteiger partial charge in [-0.25, -0.2) is 8.42 Å². The van der Waals surface area contributed by atoms with E-state index in [0.717, 1.165) is 31.6 Å². The van der Waals surface area contributed by atoms with Gasteiger partial charge in [0.25, 0.3) is 0 Å². The third kappa shape index (κ3) is 3.68. The van der Waals surface area contributed by atoms with E-state index >= 15 is 0 Å². The van der Waals surface area contributed by atoms with E-state index in [2.05, 4.69) is 0 Å². The average molecular weight is 337 g/mol. The predicted molar refractivity (Wildman–Crippen MR) is 88.2 cm³/mol. The van der Waals surface area contributed by atoms with E-state index in [9.17, 15) is 13.2 Å². The Kier molecular flexibility index (Phi) is 4.62. The topological polar surface area (TPSA) is 63.7 Å². The first-order valence-corrected chi connectivity index (χ1v) is 9.94. The van der Waals surface area contributed by atoms with Gasteiger partial charge in [0.1, 0.15) is 5.75 Å². The molecule has 0 spiro atoms. The monoisotopic (exact) mass is 337 g/mol. The van der Waals surface area contributed by atoms with Crippen LogP contribution in [0.3, 0.4) is 0 Å². The standard InChI is InChI=1S/C17H23NO4S/c1-22-16-6-4-13(5-7-16)11-15-3-2-9-18(15)17(19)14-8-10-23(20,21)12-14/h4-7,14-15H,2-3,8-12H2,1H3. The number of hydrogen-bond donors (Lipinski definition) is 0. The van der Waals surface area contributed by atoms with Crippen LogP contribution in [-0.4, -0.2) is 50.4 Å². The Balaban J connectivity index is 1.66. The summed E-state index contributed by atoms with van der Waals surface area (Å²) in [4.78, 5) is 14.6. The number of methoxy groups -OCH3 is 1. The Morgan fingerprint density at radius 1 is 1.26 bits per heavy atom. The Labute approximate surface area is 137 Å². The van der Waals surface area contributed by atoms with Crippen molar-refractivity contribution in [2.24, 2.45) is 5.92 Å². The minimum absolute atomic E-state index is 0.0254. The van der Waals surface area contributed by atoms with E-state index in [1.54, 1.807) is 7.11 Å². The highest BCUT2D eigenvalue weighted by Crippen LogP contribution is 2.27. The lowest BCUT2D eigenvalue weighted by Gasteiger charge is -2.27. The number of carbonyl (C=O) groups is 1. The lowest BCUT2D eigenvalue weighted by atomic mass is 10.0. The van der Waals surface area contributed by atoms with Gasteiger partial charge in [0.2, 0.25) is 5.91 Å². The molecule has 5 nitrogen and oxygen atoms in total. The summed E-state index contributed by atoms with van der Waals surface area (Å²) < 4.78 is 28.4. The maximum Gasteiger partial charge on any atom is 0.226 e. The predicted octanol–water partition coefficient (Wildman–Crippen LogP) is 1.66. The van der Waals surface area contributed by atoms with Gasteiger partial charge in [-0.2, -0.15) is 0 Å². The molecule has 2 unspecified atom stereocenters. The van der Waals surface area contributed by atoms with Crippen molar-refractivity contribution >= 4 is 15.7 Å². The highest BCUT2D eigenvalue weighted by atomic mass is 32.2. The zero-order valence-corrected chi connectivity index (χ0v) is 14.2. The van der Waals surface area contributed by atoms with Crippen molar-refractivity contribution < 1.29 is 17.9 Å². The lowest BCUT2D eigenvalue weighted by Crippen LogP contribution is -2.41. The second-order valence-corrected chi connectivity index (χ2v) is 8.71. The summed E-state index contributed by atoms with van der Waals surface area (Å²) in [5.74, 6) is 0.695. The summed E-state index contributed by atoms with van der Waals surface area (Å²) in [6.07, 6.45) is 3.27. The minimum atomic E-state index is -3.02. The third-order valence-electron chi connectivity index (χ3n) is 4.87. The number of sulfone groups is 1. The maximum atomic E-state index is 12.7. The van der Waals surface area contributed by atoms with Crippen LogP contribution in [0, 0.1) is 5.92 Å². The zero-order valence-electron chi connectivity index (χ0n) is 13.4. The number of ether oxygens (including phenoxy) is 1. The van der Waals surface area contributed by atoms with Gasteiger partial charge in [0.05, 0.1) is 24.5 Å². The van der Waals surface area contributed by atoms with Crippen LogP contribution in [0.4, 0.5) is 0 Å². The average Bonchev–Trinajstić information content (AvgIpc) is 3.13. The molecule has 2 aliphatic rings. The number of hydrogen-bond acceptors (Lipinski definition) is 4. The van der Waals surface area contributed by atoms with Crippen LogP contribution in [0.15, 0.2) is 24.3 Å². The van der Waals surface area contributed by atoms with Crippen molar-refractivity contribution in [3.05, 3.63) is 29.8 Å². The number of likely N-dealkylation sites (tertiary alicyclic amines) is 1. The summed E-state index contributed by atoms with van der Waals surface area (Å²) in [5, 5.41) is 0. The highest BCUT2D eigenvalue weighted by Gasteiger charge is 2.38. The molecule has 1 aromatic carbocycles.